The second kappa shape index (κ2) is 11.5. The van der Waals surface area contributed by atoms with Gasteiger partial charge in [-0.25, -0.2) is 12.8 Å². The van der Waals surface area contributed by atoms with Crippen LogP contribution in [-0.4, -0.2) is 57.1 Å². The smallest absolute Gasteiger partial charge is 0.244 e. The van der Waals surface area contributed by atoms with Gasteiger partial charge in [-0.2, -0.15) is 0 Å². The molecular weight excluding hydrogens is 473 g/mol. The maximum Gasteiger partial charge on any atom is 0.244 e. The fourth-order valence-electron chi connectivity index (χ4n) is 4.19. The Hall–Kier alpha value is -3.14. The zero-order valence-electron chi connectivity index (χ0n) is 20.2. The maximum atomic E-state index is 14.5. The van der Waals surface area contributed by atoms with Crippen LogP contribution in [0.5, 0.6) is 5.75 Å². The van der Waals surface area contributed by atoms with Crippen LogP contribution >= 0.6 is 0 Å². The molecule has 10 heteroatoms. The van der Waals surface area contributed by atoms with Crippen molar-refractivity contribution in [3.63, 3.8) is 0 Å². The molecule has 2 aromatic rings. The first kappa shape index (κ1) is 26.5. The summed E-state index contributed by atoms with van der Waals surface area (Å²) in [6, 6.07) is 11.6. The number of hydrogen-bond donors (Lipinski definition) is 1. The van der Waals surface area contributed by atoms with E-state index in [1.807, 2.05) is 0 Å². The van der Waals surface area contributed by atoms with Gasteiger partial charge in [0.15, 0.2) is 0 Å². The van der Waals surface area contributed by atoms with Crippen LogP contribution in [0.3, 0.4) is 0 Å². The lowest BCUT2D eigenvalue weighted by atomic mass is 10.1. The number of benzene rings is 2. The number of halogens is 1. The number of methoxy groups -OCH3 is 1. The Morgan fingerprint density at radius 3 is 2.46 bits per heavy atom. The van der Waals surface area contributed by atoms with E-state index in [2.05, 4.69) is 5.32 Å². The average molecular weight is 506 g/mol. The molecule has 0 aliphatic heterocycles. The molecule has 0 radical (unpaired) electrons. The molecule has 2 amide bonds. The van der Waals surface area contributed by atoms with E-state index in [0.29, 0.717) is 11.3 Å². The van der Waals surface area contributed by atoms with Gasteiger partial charge in [-0.3, -0.25) is 13.9 Å². The Morgan fingerprint density at radius 1 is 1.14 bits per heavy atom. The number of para-hydroxylation sites is 1. The predicted molar refractivity (Wildman–Crippen MR) is 132 cm³/mol. The van der Waals surface area contributed by atoms with E-state index in [9.17, 15) is 22.4 Å². The first-order valence-electron chi connectivity index (χ1n) is 11.5. The zero-order chi connectivity index (χ0) is 25.6. The summed E-state index contributed by atoms with van der Waals surface area (Å²) in [6.45, 7) is 1.01. The second-order valence-electron chi connectivity index (χ2n) is 8.76. The van der Waals surface area contributed by atoms with Gasteiger partial charge in [-0.1, -0.05) is 37.1 Å². The van der Waals surface area contributed by atoms with Gasteiger partial charge in [-0.05, 0) is 49.6 Å². The number of nitrogens with zero attached hydrogens (tertiary/aromatic N) is 2. The number of rotatable bonds is 10. The van der Waals surface area contributed by atoms with Gasteiger partial charge in [-0.15, -0.1) is 0 Å². The molecule has 1 N–H and O–H groups in total. The Kier molecular flexibility index (Phi) is 8.71. The summed E-state index contributed by atoms with van der Waals surface area (Å²) in [7, 11) is -2.47. The Labute approximate surface area is 206 Å². The van der Waals surface area contributed by atoms with Crippen molar-refractivity contribution in [2.75, 3.05) is 24.2 Å². The molecule has 1 saturated carbocycles. The maximum absolute atomic E-state index is 14.5. The minimum absolute atomic E-state index is 0.0458. The SMILES string of the molecule is COc1cccc(CN(C(=O)CN(c2ccccc2F)S(C)(=O)=O)[C@@H](C)C(=O)NC2CCCC2)c1. The lowest BCUT2D eigenvalue weighted by molar-refractivity contribution is -0.139. The predicted octanol–water partition coefficient (Wildman–Crippen LogP) is 3.08. The Morgan fingerprint density at radius 2 is 1.83 bits per heavy atom. The second-order valence-corrected chi connectivity index (χ2v) is 10.7. The van der Waals surface area contributed by atoms with E-state index < -0.39 is 34.3 Å². The van der Waals surface area contributed by atoms with Crippen molar-refractivity contribution in [1.82, 2.24) is 10.2 Å². The van der Waals surface area contributed by atoms with E-state index >= 15 is 0 Å². The molecule has 3 rings (SSSR count). The number of carbonyl (C=O) groups is 2. The van der Waals surface area contributed by atoms with Gasteiger partial charge in [0.25, 0.3) is 0 Å². The summed E-state index contributed by atoms with van der Waals surface area (Å²) >= 11 is 0. The average Bonchev–Trinajstić information content (AvgIpc) is 3.33. The number of hydrogen-bond acceptors (Lipinski definition) is 5. The third-order valence-corrected chi connectivity index (χ3v) is 7.28. The number of nitrogens with one attached hydrogen (secondary N) is 1. The van der Waals surface area contributed by atoms with Crippen LogP contribution in [0.4, 0.5) is 10.1 Å². The largest absolute Gasteiger partial charge is 0.497 e. The third-order valence-electron chi connectivity index (χ3n) is 6.16. The van der Waals surface area contributed by atoms with Crippen molar-refractivity contribution in [3.05, 3.63) is 59.9 Å². The lowest BCUT2D eigenvalue weighted by Gasteiger charge is -2.32. The molecular formula is C25H32FN3O5S. The summed E-state index contributed by atoms with van der Waals surface area (Å²) in [4.78, 5) is 27.9. The monoisotopic (exact) mass is 505 g/mol. The van der Waals surface area contributed by atoms with Crippen LogP contribution in [0.15, 0.2) is 48.5 Å². The van der Waals surface area contributed by atoms with Gasteiger partial charge in [0.2, 0.25) is 21.8 Å². The summed E-state index contributed by atoms with van der Waals surface area (Å²) in [5.41, 5.74) is 0.475. The van der Waals surface area contributed by atoms with Crippen LogP contribution in [0.2, 0.25) is 0 Å². The fraction of sp³-hybridized carbons (Fsp3) is 0.440. The van der Waals surface area contributed by atoms with Gasteiger partial charge in [0, 0.05) is 12.6 Å². The summed E-state index contributed by atoms with van der Waals surface area (Å²) < 4.78 is 45.5. The van der Waals surface area contributed by atoms with Crippen molar-refractivity contribution >= 4 is 27.5 Å². The first-order valence-corrected chi connectivity index (χ1v) is 13.4. The molecule has 1 aliphatic rings. The molecule has 0 saturated heterocycles. The van der Waals surface area contributed by atoms with E-state index in [4.69, 9.17) is 4.74 Å². The highest BCUT2D eigenvalue weighted by Gasteiger charge is 2.32. The third kappa shape index (κ3) is 6.94. The summed E-state index contributed by atoms with van der Waals surface area (Å²) in [6.07, 6.45) is 4.76. The number of ether oxygens (including phenoxy) is 1. The molecule has 1 fully saturated rings. The highest BCUT2D eigenvalue weighted by Crippen LogP contribution is 2.23. The molecule has 35 heavy (non-hydrogen) atoms. The van der Waals surface area contributed by atoms with Gasteiger partial charge in [0.05, 0.1) is 19.1 Å². The first-order chi connectivity index (χ1) is 16.6. The molecule has 0 aromatic heterocycles. The quantitative estimate of drug-likeness (QED) is 0.535. The van der Waals surface area contributed by atoms with Crippen molar-refractivity contribution in [1.29, 1.82) is 0 Å². The molecule has 8 nitrogen and oxygen atoms in total. The van der Waals surface area contributed by atoms with Crippen LogP contribution in [-0.2, 0) is 26.2 Å². The number of amides is 2. The highest BCUT2D eigenvalue weighted by atomic mass is 32.2. The van der Waals surface area contributed by atoms with Crippen LogP contribution in [0.25, 0.3) is 0 Å². The van der Waals surface area contributed by atoms with Crippen molar-refractivity contribution in [2.24, 2.45) is 0 Å². The minimum Gasteiger partial charge on any atom is -0.497 e. The Balaban J connectivity index is 1.90. The van der Waals surface area contributed by atoms with Crippen LogP contribution < -0.4 is 14.4 Å². The fourth-order valence-corrected chi connectivity index (χ4v) is 5.04. The molecule has 1 atom stereocenters. The van der Waals surface area contributed by atoms with Gasteiger partial charge >= 0.3 is 0 Å². The molecule has 0 heterocycles. The lowest BCUT2D eigenvalue weighted by Crippen LogP contribution is -2.52. The summed E-state index contributed by atoms with van der Waals surface area (Å²) in [5, 5.41) is 3.00. The number of sulfonamides is 1. The molecule has 1 aliphatic carbocycles. The standard InChI is InChI=1S/C25H32FN3O5S/c1-18(25(31)27-20-10-4-5-11-20)28(16-19-9-8-12-21(15-19)34-2)24(30)17-29(35(3,32)33)23-14-7-6-13-22(23)26/h6-9,12-15,18,20H,4-5,10-11,16-17H2,1-3H3,(H,27,31)/t18-/m0/s1. The zero-order valence-corrected chi connectivity index (χ0v) is 21.1. The number of anilines is 1. The van der Waals surface area contributed by atoms with Crippen LogP contribution in [0, 0.1) is 5.82 Å². The van der Waals surface area contributed by atoms with Gasteiger partial charge < -0.3 is 15.0 Å². The van der Waals surface area contributed by atoms with E-state index in [1.165, 1.54) is 30.2 Å². The minimum atomic E-state index is -3.99. The summed E-state index contributed by atoms with van der Waals surface area (Å²) in [5.74, 6) is -1.13. The highest BCUT2D eigenvalue weighted by molar-refractivity contribution is 7.92. The topological polar surface area (TPSA) is 96.0 Å². The molecule has 2 aromatic carbocycles. The van der Waals surface area contributed by atoms with Crippen LogP contribution in [0.1, 0.15) is 38.2 Å². The molecule has 0 spiro atoms. The normalized spacial score (nSPS) is 14.9. The molecule has 0 unspecified atom stereocenters. The van der Waals surface area contributed by atoms with Gasteiger partial charge in [0.1, 0.15) is 24.2 Å². The van der Waals surface area contributed by atoms with E-state index in [0.717, 1.165) is 42.3 Å². The van der Waals surface area contributed by atoms with Crippen molar-refractivity contribution in [2.45, 2.75) is 51.2 Å². The molecule has 0 bridgehead atoms. The molecule has 190 valence electrons. The Bertz CT molecular complexity index is 1150. The van der Waals surface area contributed by atoms with Crippen molar-refractivity contribution in [3.8, 4) is 5.75 Å². The number of carbonyl (C=O) groups excluding carboxylic acids is 2. The van der Waals surface area contributed by atoms with E-state index in [-0.39, 0.29) is 24.2 Å². The van der Waals surface area contributed by atoms with E-state index in [1.54, 1.807) is 31.2 Å². The van der Waals surface area contributed by atoms with Crippen molar-refractivity contribution < 1.29 is 27.1 Å².